The number of carboxylic acids is 1. The summed E-state index contributed by atoms with van der Waals surface area (Å²) in [4.78, 5) is 15.2. The highest BCUT2D eigenvalue weighted by Crippen LogP contribution is 2.35. The Kier molecular flexibility index (Phi) is 4.10. The van der Waals surface area contributed by atoms with Gasteiger partial charge in [0.15, 0.2) is 0 Å². The number of aromatic nitrogens is 1. The van der Waals surface area contributed by atoms with Gasteiger partial charge in [-0.2, -0.15) is 0 Å². The van der Waals surface area contributed by atoms with Crippen molar-refractivity contribution in [2.24, 2.45) is 0 Å². The molecule has 1 N–H and O–H groups in total. The summed E-state index contributed by atoms with van der Waals surface area (Å²) in [7, 11) is 2.97. The number of hydrogen-bond donors (Lipinski definition) is 1. The van der Waals surface area contributed by atoms with Crippen LogP contribution in [0.15, 0.2) is 30.5 Å². The first-order valence-electron chi connectivity index (χ1n) is 5.68. The van der Waals surface area contributed by atoms with Crippen molar-refractivity contribution >= 4 is 17.6 Å². The highest BCUT2D eigenvalue weighted by molar-refractivity contribution is 6.31. The van der Waals surface area contributed by atoms with Gasteiger partial charge in [-0.15, -0.1) is 0 Å². The van der Waals surface area contributed by atoms with Crippen molar-refractivity contribution in [3.63, 3.8) is 0 Å². The van der Waals surface area contributed by atoms with Gasteiger partial charge in [-0.1, -0.05) is 11.6 Å². The molecule has 0 unspecified atom stereocenters. The normalized spacial score (nSPS) is 10.2. The third kappa shape index (κ3) is 2.67. The Labute approximate surface area is 120 Å². The summed E-state index contributed by atoms with van der Waals surface area (Å²) in [5.74, 6) is -0.255. The summed E-state index contributed by atoms with van der Waals surface area (Å²) >= 11 is 5.98. The fourth-order valence-corrected chi connectivity index (χ4v) is 2.00. The smallest absolute Gasteiger partial charge is 0.337 e. The zero-order valence-corrected chi connectivity index (χ0v) is 11.6. The van der Waals surface area contributed by atoms with E-state index >= 15 is 0 Å². The van der Waals surface area contributed by atoms with Crippen molar-refractivity contribution < 1.29 is 19.4 Å². The van der Waals surface area contributed by atoms with Gasteiger partial charge in [0, 0.05) is 28.4 Å². The van der Waals surface area contributed by atoms with Gasteiger partial charge in [-0.05, 0) is 18.2 Å². The van der Waals surface area contributed by atoms with E-state index in [4.69, 9.17) is 21.1 Å². The van der Waals surface area contributed by atoms with Crippen LogP contribution in [0, 0.1) is 0 Å². The van der Waals surface area contributed by atoms with Crippen LogP contribution in [0.5, 0.6) is 11.6 Å². The lowest BCUT2D eigenvalue weighted by Crippen LogP contribution is -2.02. The van der Waals surface area contributed by atoms with E-state index in [-0.39, 0.29) is 5.56 Å². The number of carboxylic acid groups (broad SMARTS) is 1. The van der Waals surface area contributed by atoms with E-state index in [1.165, 1.54) is 26.5 Å². The highest BCUT2D eigenvalue weighted by Gasteiger charge is 2.17. The third-order valence-electron chi connectivity index (χ3n) is 2.77. The van der Waals surface area contributed by atoms with Crippen LogP contribution in [0.2, 0.25) is 5.02 Å². The Morgan fingerprint density at radius 2 is 1.95 bits per heavy atom. The monoisotopic (exact) mass is 293 g/mol. The first-order chi connectivity index (χ1) is 9.56. The van der Waals surface area contributed by atoms with Crippen molar-refractivity contribution in [2.75, 3.05) is 14.2 Å². The maximum absolute atomic E-state index is 11.3. The number of pyridine rings is 1. The van der Waals surface area contributed by atoms with Crippen LogP contribution in [0.25, 0.3) is 11.1 Å². The predicted octanol–water partition coefficient (Wildman–Crippen LogP) is 3.12. The molecule has 2 aromatic rings. The Morgan fingerprint density at radius 1 is 1.20 bits per heavy atom. The maximum atomic E-state index is 11.3. The van der Waals surface area contributed by atoms with Crippen LogP contribution in [-0.4, -0.2) is 30.3 Å². The van der Waals surface area contributed by atoms with Crippen LogP contribution in [0.3, 0.4) is 0 Å². The highest BCUT2D eigenvalue weighted by atomic mass is 35.5. The first kappa shape index (κ1) is 14.1. The van der Waals surface area contributed by atoms with Crippen molar-refractivity contribution in [3.05, 3.63) is 41.0 Å². The van der Waals surface area contributed by atoms with E-state index in [9.17, 15) is 9.90 Å². The summed E-state index contributed by atoms with van der Waals surface area (Å²) in [6.45, 7) is 0. The third-order valence-corrected chi connectivity index (χ3v) is 3.01. The Bertz CT molecular complexity index is 658. The molecule has 0 radical (unpaired) electrons. The van der Waals surface area contributed by atoms with Gasteiger partial charge in [0.1, 0.15) is 5.75 Å². The second kappa shape index (κ2) is 5.79. The number of aromatic carboxylic acids is 1. The quantitative estimate of drug-likeness (QED) is 0.938. The number of halogens is 1. The van der Waals surface area contributed by atoms with E-state index < -0.39 is 5.97 Å². The number of ether oxygens (including phenoxy) is 2. The van der Waals surface area contributed by atoms with Crippen LogP contribution in [0.1, 0.15) is 10.4 Å². The fourth-order valence-electron chi connectivity index (χ4n) is 1.83. The summed E-state index contributed by atoms with van der Waals surface area (Å²) in [5.41, 5.74) is 1.05. The molecule has 0 aliphatic heterocycles. The molecule has 0 spiro atoms. The minimum atomic E-state index is -1.09. The lowest BCUT2D eigenvalue weighted by molar-refractivity contribution is 0.0697. The molecule has 1 aromatic heterocycles. The van der Waals surface area contributed by atoms with Crippen molar-refractivity contribution in [1.82, 2.24) is 4.98 Å². The molecule has 20 heavy (non-hydrogen) atoms. The average molecular weight is 294 g/mol. The van der Waals surface area contributed by atoms with E-state index in [0.717, 1.165) is 0 Å². The van der Waals surface area contributed by atoms with Crippen molar-refractivity contribution in [2.45, 2.75) is 0 Å². The lowest BCUT2D eigenvalue weighted by Gasteiger charge is -2.12. The molecule has 5 nitrogen and oxygen atoms in total. The molecule has 0 saturated heterocycles. The van der Waals surface area contributed by atoms with Gasteiger partial charge >= 0.3 is 5.97 Å². The molecular formula is C14H12ClNO4. The number of carbonyl (C=O) groups is 1. The van der Waals surface area contributed by atoms with Gasteiger partial charge in [-0.25, -0.2) is 9.78 Å². The van der Waals surface area contributed by atoms with Crippen molar-refractivity contribution in [3.8, 4) is 22.8 Å². The van der Waals surface area contributed by atoms with Crippen LogP contribution < -0.4 is 9.47 Å². The Hall–Kier alpha value is -2.27. The second-order valence-electron chi connectivity index (χ2n) is 3.92. The molecule has 0 saturated carbocycles. The molecule has 0 aliphatic rings. The topological polar surface area (TPSA) is 68.7 Å². The summed E-state index contributed by atoms with van der Waals surface area (Å²) < 4.78 is 10.3. The van der Waals surface area contributed by atoms with Crippen molar-refractivity contribution in [1.29, 1.82) is 0 Å². The Balaban J connectivity index is 2.72. The second-order valence-corrected chi connectivity index (χ2v) is 4.36. The van der Waals surface area contributed by atoms with Crippen LogP contribution in [0.4, 0.5) is 0 Å². The van der Waals surface area contributed by atoms with Gasteiger partial charge in [-0.3, -0.25) is 0 Å². The Morgan fingerprint density at radius 3 is 2.55 bits per heavy atom. The molecule has 0 aliphatic carbocycles. The van der Waals surface area contributed by atoms with Crippen LogP contribution >= 0.6 is 11.6 Å². The zero-order valence-electron chi connectivity index (χ0n) is 10.9. The summed E-state index contributed by atoms with van der Waals surface area (Å²) in [5, 5.41) is 9.75. The summed E-state index contributed by atoms with van der Waals surface area (Å²) in [6.07, 6.45) is 1.25. The summed E-state index contributed by atoms with van der Waals surface area (Å²) in [6, 6.07) is 6.53. The van der Waals surface area contributed by atoms with Gasteiger partial charge in [0.2, 0.25) is 5.88 Å². The molecule has 6 heteroatoms. The number of rotatable bonds is 4. The number of nitrogens with zero attached hydrogens (tertiary/aromatic N) is 1. The fraction of sp³-hybridized carbons (Fsp3) is 0.143. The number of hydrogen-bond acceptors (Lipinski definition) is 4. The van der Waals surface area contributed by atoms with E-state index in [2.05, 4.69) is 4.98 Å². The molecule has 0 fully saturated rings. The lowest BCUT2D eigenvalue weighted by atomic mass is 10.0. The molecule has 2 rings (SSSR count). The molecule has 0 bridgehead atoms. The standard InChI is InChI=1S/C14H12ClNO4/c1-19-12-4-3-8(15)5-10(12)9-6-13(20-2)16-7-11(9)14(17)18/h3-7H,1-2H3,(H,17,18). The van der Waals surface area contributed by atoms with Crippen LogP contribution in [-0.2, 0) is 0 Å². The van der Waals surface area contributed by atoms with Gasteiger partial charge in [0.25, 0.3) is 0 Å². The zero-order chi connectivity index (χ0) is 14.7. The average Bonchev–Trinajstić information content (AvgIpc) is 2.46. The molecule has 0 amide bonds. The SMILES string of the molecule is COc1cc(-c2cc(Cl)ccc2OC)c(C(=O)O)cn1. The van der Waals surface area contributed by atoms with E-state index in [1.807, 2.05) is 0 Å². The van der Waals surface area contributed by atoms with Gasteiger partial charge < -0.3 is 14.6 Å². The maximum Gasteiger partial charge on any atom is 0.337 e. The minimum Gasteiger partial charge on any atom is -0.496 e. The first-order valence-corrected chi connectivity index (χ1v) is 6.06. The number of methoxy groups -OCH3 is 2. The largest absolute Gasteiger partial charge is 0.496 e. The minimum absolute atomic E-state index is 0.0476. The molecule has 1 aromatic carbocycles. The molecule has 0 atom stereocenters. The predicted molar refractivity (Wildman–Crippen MR) is 74.7 cm³/mol. The van der Waals surface area contributed by atoms with Gasteiger partial charge in [0.05, 0.1) is 19.8 Å². The van der Waals surface area contributed by atoms with E-state index in [0.29, 0.717) is 27.8 Å². The molecular weight excluding hydrogens is 282 g/mol. The molecule has 1 heterocycles. The van der Waals surface area contributed by atoms with E-state index in [1.54, 1.807) is 18.2 Å². The molecule has 104 valence electrons. The number of benzene rings is 1.